The molecule has 0 radical (unpaired) electrons. The van der Waals surface area contributed by atoms with E-state index < -0.39 is 0 Å². The highest BCUT2D eigenvalue weighted by Gasteiger charge is 2.25. The van der Waals surface area contributed by atoms with Gasteiger partial charge in [-0.2, -0.15) is 0 Å². The number of likely N-dealkylation sites (tertiary alicyclic amines) is 1. The van der Waals surface area contributed by atoms with Crippen LogP contribution in [0.25, 0.3) is 0 Å². The highest BCUT2D eigenvalue weighted by atomic mass is 16.5. The molecule has 0 aromatic heterocycles. The second-order valence-electron chi connectivity index (χ2n) is 10.8. The summed E-state index contributed by atoms with van der Waals surface area (Å²) in [5.74, 6) is 1.72. The Morgan fingerprint density at radius 1 is 1.06 bits per heavy atom. The molecule has 1 heterocycles. The van der Waals surface area contributed by atoms with E-state index >= 15 is 0 Å². The Morgan fingerprint density at radius 3 is 2.41 bits per heavy atom. The first kappa shape index (κ1) is 24.6. The van der Waals surface area contributed by atoms with Crippen LogP contribution in [0.4, 0.5) is 0 Å². The molecule has 3 rings (SSSR count). The zero-order valence-corrected chi connectivity index (χ0v) is 20.5. The SMILES string of the molecule is Cc1ccc(OCC(=O)NC2CCN(C(=O)CCC3CCCCC3)CC2)c(C(C)(C)C)c1. The van der Waals surface area contributed by atoms with E-state index in [9.17, 15) is 9.59 Å². The fourth-order valence-electron chi connectivity index (χ4n) is 5.00. The van der Waals surface area contributed by atoms with Crippen LogP contribution >= 0.6 is 0 Å². The number of aryl methyl sites for hydroxylation is 1. The van der Waals surface area contributed by atoms with Crippen molar-refractivity contribution in [2.75, 3.05) is 19.7 Å². The van der Waals surface area contributed by atoms with Crippen molar-refractivity contribution in [1.82, 2.24) is 10.2 Å². The van der Waals surface area contributed by atoms with Crippen LogP contribution in [0.3, 0.4) is 0 Å². The van der Waals surface area contributed by atoms with Crippen molar-refractivity contribution >= 4 is 11.8 Å². The van der Waals surface area contributed by atoms with Crippen LogP contribution in [0.15, 0.2) is 18.2 Å². The normalized spacial score (nSPS) is 18.4. The van der Waals surface area contributed by atoms with Gasteiger partial charge in [-0.15, -0.1) is 0 Å². The number of nitrogens with zero attached hydrogens (tertiary/aromatic N) is 1. The Balaban J connectivity index is 1.39. The molecule has 0 spiro atoms. The van der Waals surface area contributed by atoms with Crippen molar-refractivity contribution in [3.05, 3.63) is 29.3 Å². The molecule has 2 amide bonds. The summed E-state index contributed by atoms with van der Waals surface area (Å²) in [5, 5.41) is 3.10. The summed E-state index contributed by atoms with van der Waals surface area (Å²) >= 11 is 0. The van der Waals surface area contributed by atoms with E-state index in [0.29, 0.717) is 6.42 Å². The second kappa shape index (κ2) is 11.2. The number of amides is 2. The van der Waals surface area contributed by atoms with Gasteiger partial charge in [0.05, 0.1) is 0 Å². The predicted octanol–water partition coefficient (Wildman–Crippen LogP) is 5.14. The maximum atomic E-state index is 12.6. The highest BCUT2D eigenvalue weighted by Crippen LogP contribution is 2.32. The van der Waals surface area contributed by atoms with Crippen molar-refractivity contribution in [3.8, 4) is 5.75 Å². The van der Waals surface area contributed by atoms with E-state index in [2.05, 4.69) is 39.1 Å². The molecule has 5 nitrogen and oxygen atoms in total. The smallest absolute Gasteiger partial charge is 0.258 e. The molecule has 1 aromatic carbocycles. The number of carbonyl (C=O) groups is 2. The molecule has 0 unspecified atom stereocenters. The topological polar surface area (TPSA) is 58.6 Å². The minimum Gasteiger partial charge on any atom is -0.483 e. The third kappa shape index (κ3) is 7.25. The summed E-state index contributed by atoms with van der Waals surface area (Å²) in [4.78, 5) is 27.1. The van der Waals surface area contributed by atoms with Crippen LogP contribution in [-0.2, 0) is 15.0 Å². The minimum atomic E-state index is -0.0903. The largest absolute Gasteiger partial charge is 0.483 e. The molecular weight excluding hydrogens is 400 g/mol. The highest BCUT2D eigenvalue weighted by molar-refractivity contribution is 5.78. The lowest BCUT2D eigenvalue weighted by Gasteiger charge is -2.33. The third-order valence-corrected chi connectivity index (χ3v) is 7.01. The number of carbonyl (C=O) groups excluding carboxylic acids is 2. The molecule has 1 N–H and O–H groups in total. The zero-order valence-electron chi connectivity index (χ0n) is 20.5. The quantitative estimate of drug-likeness (QED) is 0.636. The summed E-state index contributed by atoms with van der Waals surface area (Å²) in [6.45, 7) is 10.0. The van der Waals surface area contributed by atoms with E-state index in [0.717, 1.165) is 49.6 Å². The van der Waals surface area contributed by atoms with Gasteiger partial charge in [-0.1, -0.05) is 70.6 Å². The molecule has 1 aliphatic carbocycles. The first-order valence-corrected chi connectivity index (χ1v) is 12.5. The van der Waals surface area contributed by atoms with Crippen molar-refractivity contribution < 1.29 is 14.3 Å². The lowest BCUT2D eigenvalue weighted by atomic mass is 9.85. The number of piperidine rings is 1. The van der Waals surface area contributed by atoms with Gasteiger partial charge in [-0.05, 0) is 49.1 Å². The van der Waals surface area contributed by atoms with E-state index in [4.69, 9.17) is 4.74 Å². The van der Waals surface area contributed by atoms with Crippen molar-refractivity contribution in [1.29, 1.82) is 0 Å². The Morgan fingerprint density at radius 2 is 1.75 bits per heavy atom. The fraction of sp³-hybridized carbons (Fsp3) is 0.704. The zero-order chi connectivity index (χ0) is 23.1. The van der Waals surface area contributed by atoms with Crippen LogP contribution in [0.2, 0.25) is 0 Å². The van der Waals surface area contributed by atoms with Gasteiger partial charge in [0, 0.05) is 25.6 Å². The van der Waals surface area contributed by atoms with Gasteiger partial charge in [0.1, 0.15) is 5.75 Å². The van der Waals surface area contributed by atoms with Crippen LogP contribution < -0.4 is 10.1 Å². The number of hydrogen-bond acceptors (Lipinski definition) is 3. The maximum Gasteiger partial charge on any atom is 0.258 e. The monoisotopic (exact) mass is 442 g/mol. The van der Waals surface area contributed by atoms with E-state index in [-0.39, 0.29) is 29.9 Å². The number of rotatable bonds is 7. The maximum absolute atomic E-state index is 12.6. The van der Waals surface area contributed by atoms with Gasteiger partial charge < -0.3 is 15.0 Å². The molecule has 0 atom stereocenters. The molecule has 2 aliphatic rings. The van der Waals surface area contributed by atoms with Crippen LogP contribution in [0.5, 0.6) is 5.75 Å². The molecule has 1 saturated carbocycles. The van der Waals surface area contributed by atoms with Crippen molar-refractivity contribution in [3.63, 3.8) is 0 Å². The van der Waals surface area contributed by atoms with E-state index in [1.54, 1.807) is 0 Å². The lowest BCUT2D eigenvalue weighted by Crippen LogP contribution is -2.47. The molecule has 1 aromatic rings. The average Bonchev–Trinajstić information content (AvgIpc) is 2.77. The van der Waals surface area contributed by atoms with Gasteiger partial charge in [0.2, 0.25) is 5.91 Å². The third-order valence-electron chi connectivity index (χ3n) is 7.01. The minimum absolute atomic E-state index is 0.0205. The molecular formula is C27H42N2O3. The number of hydrogen-bond donors (Lipinski definition) is 1. The number of nitrogens with one attached hydrogen (secondary N) is 1. The van der Waals surface area contributed by atoms with Gasteiger partial charge in [-0.3, -0.25) is 9.59 Å². The van der Waals surface area contributed by atoms with Gasteiger partial charge in [-0.25, -0.2) is 0 Å². The predicted molar refractivity (Wildman–Crippen MR) is 129 cm³/mol. The molecule has 1 aliphatic heterocycles. The Labute approximate surface area is 194 Å². The average molecular weight is 443 g/mol. The summed E-state index contributed by atoms with van der Waals surface area (Å²) < 4.78 is 5.89. The number of benzene rings is 1. The summed E-state index contributed by atoms with van der Waals surface area (Å²) in [5.41, 5.74) is 2.26. The molecule has 1 saturated heterocycles. The second-order valence-corrected chi connectivity index (χ2v) is 10.8. The Hall–Kier alpha value is -2.04. The molecule has 5 heteroatoms. The van der Waals surface area contributed by atoms with Gasteiger partial charge in [0.15, 0.2) is 6.61 Å². The van der Waals surface area contributed by atoms with E-state index in [1.807, 2.05) is 17.0 Å². The van der Waals surface area contributed by atoms with E-state index in [1.165, 1.54) is 37.7 Å². The molecule has 0 bridgehead atoms. The molecule has 178 valence electrons. The standard InChI is InChI=1S/C27H42N2O3/c1-20-10-12-24(23(18-20)27(2,3)4)32-19-25(30)28-22-14-16-29(17-15-22)26(31)13-11-21-8-6-5-7-9-21/h10,12,18,21-22H,5-9,11,13-17,19H2,1-4H3,(H,28,30). The summed E-state index contributed by atoms with van der Waals surface area (Å²) in [7, 11) is 0. The first-order chi connectivity index (χ1) is 15.2. The molecule has 32 heavy (non-hydrogen) atoms. The van der Waals surface area contributed by atoms with Crippen LogP contribution in [0, 0.1) is 12.8 Å². The van der Waals surface area contributed by atoms with Gasteiger partial charge >= 0.3 is 0 Å². The van der Waals surface area contributed by atoms with Crippen molar-refractivity contribution in [2.24, 2.45) is 5.92 Å². The van der Waals surface area contributed by atoms with Crippen LogP contribution in [-0.4, -0.2) is 42.5 Å². The van der Waals surface area contributed by atoms with Crippen molar-refractivity contribution in [2.45, 2.75) is 96.9 Å². The fourth-order valence-corrected chi connectivity index (χ4v) is 5.00. The Bertz CT molecular complexity index is 770. The van der Waals surface area contributed by atoms with Gasteiger partial charge in [0.25, 0.3) is 5.91 Å². The lowest BCUT2D eigenvalue weighted by molar-refractivity contribution is -0.132. The summed E-state index contributed by atoms with van der Waals surface area (Å²) in [6, 6.07) is 6.23. The first-order valence-electron chi connectivity index (χ1n) is 12.5. The summed E-state index contributed by atoms with van der Waals surface area (Å²) in [6.07, 6.45) is 9.97. The molecule has 2 fully saturated rings. The Kier molecular flexibility index (Phi) is 8.61. The van der Waals surface area contributed by atoms with Crippen LogP contribution in [0.1, 0.15) is 89.7 Å². The number of ether oxygens (including phenoxy) is 1.